The van der Waals surface area contributed by atoms with Crippen LogP contribution in [0.2, 0.25) is 0 Å². The molecule has 1 rings (SSSR count). The molecule has 1 saturated carbocycles. The van der Waals surface area contributed by atoms with Crippen molar-refractivity contribution >= 4 is 11.6 Å². The second kappa shape index (κ2) is 3.32. The lowest BCUT2D eigenvalue weighted by Gasteiger charge is -1.95. The van der Waals surface area contributed by atoms with Gasteiger partial charge in [-0.25, -0.2) is 0 Å². The summed E-state index contributed by atoms with van der Waals surface area (Å²) in [6.45, 7) is 0. The average Bonchev–Trinajstić information content (AvgIpc) is 2.12. The monoisotopic (exact) mass is 154 g/mol. The van der Waals surface area contributed by atoms with E-state index in [0.717, 1.165) is 12.8 Å². The minimum Gasteiger partial charge on any atom is -0.515 e. The van der Waals surface area contributed by atoms with E-state index in [1.807, 2.05) is 0 Å². The lowest BCUT2D eigenvalue weighted by Crippen LogP contribution is -2.08. The van der Waals surface area contributed by atoms with Crippen molar-refractivity contribution in [2.24, 2.45) is 0 Å². The van der Waals surface area contributed by atoms with Crippen LogP contribution in [0.4, 0.5) is 0 Å². The number of aliphatic hydroxyl groups excluding tert-OH is 1. The van der Waals surface area contributed by atoms with Gasteiger partial charge in [0.25, 0.3) is 0 Å². The molecule has 60 valence electrons. The fourth-order valence-electron chi connectivity index (χ4n) is 1.14. The lowest BCUT2D eigenvalue weighted by molar-refractivity contribution is -0.120. The van der Waals surface area contributed by atoms with Crippen molar-refractivity contribution < 1.29 is 14.7 Å². The minimum absolute atomic E-state index is 0.0255. The van der Waals surface area contributed by atoms with Crippen LogP contribution in [0.1, 0.15) is 25.7 Å². The number of aliphatic hydroxyl groups is 1. The Balaban J connectivity index is 2.84. The topological polar surface area (TPSA) is 54.4 Å². The second-order valence-electron chi connectivity index (χ2n) is 2.60. The molecule has 1 aliphatic rings. The van der Waals surface area contributed by atoms with E-state index in [1.54, 1.807) is 0 Å². The van der Waals surface area contributed by atoms with Crippen molar-refractivity contribution in [3.63, 3.8) is 0 Å². The summed E-state index contributed by atoms with van der Waals surface area (Å²) in [5.41, 5.74) is -0.0255. The van der Waals surface area contributed by atoms with Crippen LogP contribution in [0.25, 0.3) is 0 Å². The van der Waals surface area contributed by atoms with Crippen LogP contribution in [-0.4, -0.2) is 16.7 Å². The number of hydrogen-bond donors (Lipinski definition) is 1. The maximum Gasteiger partial charge on any atom is 0.169 e. The standard InChI is InChI=1S/C8H10O3/c9-5-6-7(10)3-1-2-4-8(6)11/h5,9H,1-4H2. The number of allylic oxidation sites excluding steroid dienone is 1. The molecule has 1 fully saturated rings. The normalized spacial score (nSPS) is 19.8. The molecule has 0 heterocycles. The number of hydrogen-bond acceptors (Lipinski definition) is 3. The van der Waals surface area contributed by atoms with E-state index in [1.165, 1.54) is 0 Å². The third-order valence-electron chi connectivity index (χ3n) is 1.79. The lowest BCUT2D eigenvalue weighted by atomic mass is 10.1. The molecule has 0 saturated heterocycles. The van der Waals surface area contributed by atoms with E-state index in [0.29, 0.717) is 19.1 Å². The van der Waals surface area contributed by atoms with Gasteiger partial charge < -0.3 is 5.11 Å². The third kappa shape index (κ3) is 1.67. The Labute approximate surface area is 64.7 Å². The van der Waals surface area contributed by atoms with Crippen LogP contribution in [0, 0.1) is 0 Å². The number of carbonyl (C=O) groups excluding carboxylic acids is 2. The first-order chi connectivity index (χ1) is 5.25. The van der Waals surface area contributed by atoms with E-state index in [2.05, 4.69) is 0 Å². The Kier molecular flexibility index (Phi) is 2.41. The van der Waals surface area contributed by atoms with E-state index in [4.69, 9.17) is 5.11 Å². The summed E-state index contributed by atoms with van der Waals surface area (Å²) in [4.78, 5) is 22.0. The van der Waals surface area contributed by atoms with Crippen molar-refractivity contribution in [2.45, 2.75) is 25.7 Å². The predicted molar refractivity (Wildman–Crippen MR) is 39.2 cm³/mol. The van der Waals surface area contributed by atoms with Gasteiger partial charge in [-0.3, -0.25) is 9.59 Å². The second-order valence-corrected chi connectivity index (χ2v) is 2.60. The number of carbonyl (C=O) groups is 2. The van der Waals surface area contributed by atoms with Crippen LogP contribution >= 0.6 is 0 Å². The molecule has 0 atom stereocenters. The van der Waals surface area contributed by atoms with Crippen molar-refractivity contribution in [1.29, 1.82) is 0 Å². The smallest absolute Gasteiger partial charge is 0.169 e. The van der Waals surface area contributed by atoms with Crippen molar-refractivity contribution in [2.75, 3.05) is 0 Å². The summed E-state index contributed by atoms with van der Waals surface area (Å²) >= 11 is 0. The quantitative estimate of drug-likeness (QED) is 0.246. The molecule has 3 nitrogen and oxygen atoms in total. The summed E-state index contributed by atoms with van der Waals surface area (Å²) < 4.78 is 0. The van der Waals surface area contributed by atoms with Gasteiger partial charge in [-0.05, 0) is 12.8 Å². The van der Waals surface area contributed by atoms with Crippen molar-refractivity contribution in [3.05, 3.63) is 11.8 Å². The number of rotatable bonds is 0. The van der Waals surface area contributed by atoms with Gasteiger partial charge in [0.2, 0.25) is 0 Å². The average molecular weight is 154 g/mol. The first-order valence-electron chi connectivity index (χ1n) is 3.66. The number of Topliss-reactive ketones (excluding diaryl/α,β-unsaturated/α-hetero) is 2. The van der Waals surface area contributed by atoms with Gasteiger partial charge in [0, 0.05) is 12.8 Å². The fourth-order valence-corrected chi connectivity index (χ4v) is 1.14. The summed E-state index contributed by atoms with van der Waals surface area (Å²) in [6.07, 6.45) is 2.91. The highest BCUT2D eigenvalue weighted by molar-refractivity contribution is 6.20. The Morgan fingerprint density at radius 1 is 1.09 bits per heavy atom. The van der Waals surface area contributed by atoms with Gasteiger partial charge in [-0.15, -0.1) is 0 Å². The first kappa shape index (κ1) is 7.98. The predicted octanol–water partition coefficient (Wildman–Crippen LogP) is 1.14. The molecule has 1 N–H and O–H groups in total. The van der Waals surface area contributed by atoms with Gasteiger partial charge in [0.05, 0.1) is 11.8 Å². The zero-order chi connectivity index (χ0) is 8.27. The molecule has 0 radical (unpaired) electrons. The molecule has 0 unspecified atom stereocenters. The summed E-state index contributed by atoms with van der Waals surface area (Å²) in [7, 11) is 0. The largest absolute Gasteiger partial charge is 0.515 e. The maximum absolute atomic E-state index is 11.0. The van der Waals surface area contributed by atoms with Gasteiger partial charge in [0.15, 0.2) is 11.6 Å². The Hall–Kier alpha value is -1.12. The Bertz CT molecular complexity index is 195. The summed E-state index contributed by atoms with van der Waals surface area (Å²) in [5.74, 6) is -0.454. The van der Waals surface area contributed by atoms with Crippen LogP contribution in [-0.2, 0) is 9.59 Å². The van der Waals surface area contributed by atoms with Gasteiger partial charge in [-0.1, -0.05) is 0 Å². The number of ketones is 2. The Morgan fingerprint density at radius 3 is 1.91 bits per heavy atom. The summed E-state index contributed by atoms with van der Waals surface area (Å²) in [5, 5.41) is 8.55. The van der Waals surface area contributed by atoms with Gasteiger partial charge in [0.1, 0.15) is 0 Å². The van der Waals surface area contributed by atoms with Crippen LogP contribution in [0.5, 0.6) is 0 Å². The molecular weight excluding hydrogens is 144 g/mol. The summed E-state index contributed by atoms with van der Waals surface area (Å²) in [6, 6.07) is 0. The highest BCUT2D eigenvalue weighted by Crippen LogP contribution is 2.15. The molecular formula is C8H10O3. The highest BCUT2D eigenvalue weighted by Gasteiger charge is 2.20. The molecule has 11 heavy (non-hydrogen) atoms. The SMILES string of the molecule is O=C1CCCCC(=O)C1=CO. The van der Waals surface area contributed by atoms with Crippen molar-refractivity contribution in [3.8, 4) is 0 Å². The van der Waals surface area contributed by atoms with Crippen molar-refractivity contribution in [1.82, 2.24) is 0 Å². The zero-order valence-corrected chi connectivity index (χ0v) is 6.17. The van der Waals surface area contributed by atoms with Crippen LogP contribution in [0.3, 0.4) is 0 Å². The van der Waals surface area contributed by atoms with E-state index in [-0.39, 0.29) is 17.1 Å². The van der Waals surface area contributed by atoms with Crippen LogP contribution < -0.4 is 0 Å². The van der Waals surface area contributed by atoms with E-state index in [9.17, 15) is 9.59 Å². The molecule has 0 bridgehead atoms. The Morgan fingerprint density at radius 2 is 1.55 bits per heavy atom. The van der Waals surface area contributed by atoms with E-state index >= 15 is 0 Å². The molecule has 0 spiro atoms. The fraction of sp³-hybridized carbons (Fsp3) is 0.500. The molecule has 0 aromatic carbocycles. The van der Waals surface area contributed by atoms with E-state index < -0.39 is 0 Å². The first-order valence-corrected chi connectivity index (χ1v) is 3.66. The van der Waals surface area contributed by atoms with Gasteiger partial charge >= 0.3 is 0 Å². The molecule has 0 aromatic heterocycles. The van der Waals surface area contributed by atoms with Gasteiger partial charge in [-0.2, -0.15) is 0 Å². The molecule has 1 aliphatic carbocycles. The third-order valence-corrected chi connectivity index (χ3v) is 1.79. The zero-order valence-electron chi connectivity index (χ0n) is 6.17. The molecule has 0 aliphatic heterocycles. The molecule has 0 amide bonds. The molecule has 0 aromatic rings. The minimum atomic E-state index is -0.227. The maximum atomic E-state index is 11.0. The van der Waals surface area contributed by atoms with Crippen LogP contribution in [0.15, 0.2) is 11.8 Å². The highest BCUT2D eigenvalue weighted by atomic mass is 16.2. The molecule has 3 heteroatoms.